The van der Waals surface area contributed by atoms with E-state index >= 15 is 0 Å². The average molecular weight is 575 g/mol. The summed E-state index contributed by atoms with van der Waals surface area (Å²) in [7, 11) is 0. The molecule has 0 bridgehead atoms. The van der Waals surface area contributed by atoms with Gasteiger partial charge in [-0.25, -0.2) is 14.8 Å². The van der Waals surface area contributed by atoms with Crippen LogP contribution in [0.4, 0.5) is 29.6 Å². The molecule has 1 saturated heterocycles. The number of carbonyl (C=O) groups is 2. The van der Waals surface area contributed by atoms with Gasteiger partial charge < -0.3 is 20.1 Å². The van der Waals surface area contributed by atoms with Crippen molar-refractivity contribution in [2.75, 3.05) is 18.4 Å². The monoisotopic (exact) mass is 574 g/mol. The Morgan fingerprint density at radius 2 is 1.76 bits per heavy atom. The van der Waals surface area contributed by atoms with Crippen molar-refractivity contribution in [2.45, 2.75) is 70.7 Å². The molecule has 3 heterocycles. The standard InChI is InChI=1S/C28H33F3N6O4/c1-27(2,3)41-26(40)36-12-10-21(11-13-36)37-17-20(15-33-37)34-25-32-16-22(28(29,30)31)23(35-25)9-8-18-6-4-5-7-19(18)14-24(38)39/h4-7,15-17,21H,8-14H2,1-3H3,(H,38,39)(H,32,34,35). The zero-order valence-corrected chi connectivity index (χ0v) is 23.1. The summed E-state index contributed by atoms with van der Waals surface area (Å²) in [5.74, 6) is -1.03. The molecule has 2 N–H and O–H groups in total. The number of alkyl halides is 3. The number of anilines is 2. The second kappa shape index (κ2) is 12.1. The number of carbonyl (C=O) groups excluding carboxylic acids is 1. The number of hydrogen-bond acceptors (Lipinski definition) is 7. The summed E-state index contributed by atoms with van der Waals surface area (Å²) in [6, 6.07) is 6.81. The number of amides is 1. The molecule has 4 rings (SSSR count). The maximum Gasteiger partial charge on any atom is 0.419 e. The number of halogens is 3. The molecule has 13 heteroatoms. The summed E-state index contributed by atoms with van der Waals surface area (Å²) < 4.78 is 48.4. The van der Waals surface area contributed by atoms with Gasteiger partial charge in [-0.1, -0.05) is 24.3 Å². The number of piperidine rings is 1. The van der Waals surface area contributed by atoms with Crippen molar-refractivity contribution in [3.05, 3.63) is 65.2 Å². The molecule has 1 fully saturated rings. The van der Waals surface area contributed by atoms with Gasteiger partial charge in [-0.15, -0.1) is 0 Å². The van der Waals surface area contributed by atoms with Crippen LogP contribution in [0.3, 0.4) is 0 Å². The van der Waals surface area contributed by atoms with Crippen LogP contribution in [0.25, 0.3) is 0 Å². The third-order valence-corrected chi connectivity index (χ3v) is 6.61. The molecule has 3 aromatic rings. The van der Waals surface area contributed by atoms with Crippen molar-refractivity contribution in [3.63, 3.8) is 0 Å². The number of aryl methyl sites for hydroxylation is 2. The molecule has 1 aliphatic rings. The van der Waals surface area contributed by atoms with Crippen LogP contribution in [0.15, 0.2) is 42.9 Å². The van der Waals surface area contributed by atoms with Gasteiger partial charge in [0.15, 0.2) is 0 Å². The lowest BCUT2D eigenvalue weighted by Gasteiger charge is -2.33. The van der Waals surface area contributed by atoms with E-state index in [9.17, 15) is 22.8 Å². The number of benzene rings is 1. The van der Waals surface area contributed by atoms with Crippen LogP contribution in [0, 0.1) is 0 Å². The van der Waals surface area contributed by atoms with Crippen LogP contribution in [0.5, 0.6) is 0 Å². The number of nitrogens with zero attached hydrogens (tertiary/aromatic N) is 5. The molecule has 1 aliphatic heterocycles. The summed E-state index contributed by atoms with van der Waals surface area (Å²) in [5, 5.41) is 16.5. The minimum Gasteiger partial charge on any atom is -0.481 e. The molecule has 1 aromatic carbocycles. The number of aliphatic carboxylic acids is 1. The molecule has 0 saturated carbocycles. The lowest BCUT2D eigenvalue weighted by atomic mass is 9.98. The molecule has 0 spiro atoms. The van der Waals surface area contributed by atoms with E-state index in [1.165, 1.54) is 0 Å². The molecule has 0 atom stereocenters. The number of aromatic nitrogens is 4. The Kier molecular flexibility index (Phi) is 8.83. The van der Waals surface area contributed by atoms with Crippen LogP contribution in [-0.4, -0.2) is 60.5 Å². The number of nitrogens with one attached hydrogen (secondary N) is 1. The van der Waals surface area contributed by atoms with Gasteiger partial charge in [-0.3, -0.25) is 9.48 Å². The highest BCUT2D eigenvalue weighted by molar-refractivity contribution is 5.70. The van der Waals surface area contributed by atoms with Crippen LogP contribution in [0.2, 0.25) is 0 Å². The molecular formula is C28H33F3N6O4. The Morgan fingerprint density at radius 3 is 2.39 bits per heavy atom. The first-order valence-corrected chi connectivity index (χ1v) is 13.3. The maximum absolute atomic E-state index is 13.7. The minimum atomic E-state index is -4.65. The molecule has 0 unspecified atom stereocenters. The van der Waals surface area contributed by atoms with E-state index in [4.69, 9.17) is 9.84 Å². The summed E-state index contributed by atoms with van der Waals surface area (Å²) in [5.41, 5.74) is 0.00689. The van der Waals surface area contributed by atoms with E-state index < -0.39 is 23.3 Å². The van der Waals surface area contributed by atoms with E-state index in [-0.39, 0.29) is 43.0 Å². The van der Waals surface area contributed by atoms with Crippen LogP contribution in [-0.2, 0) is 35.0 Å². The summed E-state index contributed by atoms with van der Waals surface area (Å²) in [4.78, 5) is 33.2. The fourth-order valence-corrected chi connectivity index (χ4v) is 4.67. The van der Waals surface area contributed by atoms with E-state index in [0.717, 1.165) is 6.20 Å². The molecule has 0 radical (unpaired) electrons. The third-order valence-electron chi connectivity index (χ3n) is 6.61. The SMILES string of the molecule is CC(C)(C)OC(=O)N1CCC(n2cc(Nc3ncc(C(F)(F)F)c(CCc4ccccc4CC(=O)O)n3)cn2)CC1. The second-order valence-corrected chi connectivity index (χ2v) is 10.9. The van der Waals surface area contributed by atoms with E-state index in [0.29, 0.717) is 42.7 Å². The van der Waals surface area contributed by atoms with Crippen LogP contribution < -0.4 is 5.32 Å². The van der Waals surface area contributed by atoms with E-state index in [1.54, 1.807) is 46.2 Å². The molecular weight excluding hydrogens is 541 g/mol. The van der Waals surface area contributed by atoms with Crippen molar-refractivity contribution < 1.29 is 32.6 Å². The van der Waals surface area contributed by atoms with Crippen LogP contribution in [0.1, 0.15) is 62.0 Å². The van der Waals surface area contributed by atoms with E-state index in [2.05, 4.69) is 20.4 Å². The molecule has 1 amide bonds. The zero-order chi connectivity index (χ0) is 29.8. The predicted molar refractivity (Wildman–Crippen MR) is 144 cm³/mol. The van der Waals surface area contributed by atoms with Crippen molar-refractivity contribution >= 4 is 23.7 Å². The van der Waals surface area contributed by atoms with Gasteiger partial charge in [-0.2, -0.15) is 18.3 Å². The van der Waals surface area contributed by atoms with Crippen LogP contribution >= 0.6 is 0 Å². The lowest BCUT2D eigenvalue weighted by molar-refractivity contribution is -0.139. The Bertz CT molecular complexity index is 1380. The topological polar surface area (TPSA) is 122 Å². The second-order valence-electron chi connectivity index (χ2n) is 10.9. The number of ether oxygens (including phenoxy) is 1. The lowest BCUT2D eigenvalue weighted by Crippen LogP contribution is -2.42. The van der Waals surface area contributed by atoms with Crippen molar-refractivity contribution in [2.24, 2.45) is 0 Å². The minimum absolute atomic E-state index is 0.00823. The first-order chi connectivity index (χ1) is 19.3. The first-order valence-electron chi connectivity index (χ1n) is 13.3. The summed E-state index contributed by atoms with van der Waals surface area (Å²) in [6.45, 7) is 6.49. The Morgan fingerprint density at radius 1 is 1.07 bits per heavy atom. The summed E-state index contributed by atoms with van der Waals surface area (Å²) in [6.07, 6.45) is 0.288. The Labute approximate surface area is 235 Å². The van der Waals surface area contributed by atoms with Crippen molar-refractivity contribution in [1.82, 2.24) is 24.6 Å². The zero-order valence-electron chi connectivity index (χ0n) is 23.1. The quantitative estimate of drug-likeness (QED) is 0.366. The van der Waals surface area contributed by atoms with Crippen molar-refractivity contribution in [3.8, 4) is 0 Å². The molecule has 2 aromatic heterocycles. The van der Waals surface area contributed by atoms with Gasteiger partial charge >= 0.3 is 18.2 Å². The smallest absolute Gasteiger partial charge is 0.419 e. The molecule has 0 aliphatic carbocycles. The predicted octanol–water partition coefficient (Wildman–Crippen LogP) is 5.42. The average Bonchev–Trinajstić information content (AvgIpc) is 3.35. The number of carboxylic acid groups (broad SMARTS) is 1. The van der Waals surface area contributed by atoms with Gasteiger partial charge in [0.25, 0.3) is 0 Å². The highest BCUT2D eigenvalue weighted by Crippen LogP contribution is 2.32. The molecule has 220 valence electrons. The van der Waals surface area contributed by atoms with Gasteiger partial charge in [-0.05, 0) is 57.6 Å². The number of likely N-dealkylation sites (tertiary alicyclic amines) is 1. The van der Waals surface area contributed by atoms with E-state index in [1.807, 2.05) is 20.8 Å². The highest BCUT2D eigenvalue weighted by atomic mass is 19.4. The Hall–Kier alpha value is -4.16. The largest absolute Gasteiger partial charge is 0.481 e. The molecule has 41 heavy (non-hydrogen) atoms. The Balaban J connectivity index is 1.43. The van der Waals surface area contributed by atoms with Gasteiger partial charge in [0, 0.05) is 25.5 Å². The number of carboxylic acids is 1. The maximum atomic E-state index is 13.7. The van der Waals surface area contributed by atoms with Gasteiger partial charge in [0.1, 0.15) is 5.60 Å². The van der Waals surface area contributed by atoms with Gasteiger partial charge in [0.05, 0.1) is 35.6 Å². The number of hydrogen-bond donors (Lipinski definition) is 2. The highest BCUT2D eigenvalue weighted by Gasteiger charge is 2.35. The fraction of sp³-hybridized carbons (Fsp3) is 0.464. The normalized spacial score (nSPS) is 14.6. The van der Waals surface area contributed by atoms with Crippen molar-refractivity contribution in [1.29, 1.82) is 0 Å². The van der Waals surface area contributed by atoms with Gasteiger partial charge in [0.2, 0.25) is 5.95 Å². The number of rotatable bonds is 8. The fourth-order valence-electron chi connectivity index (χ4n) is 4.67. The third kappa shape index (κ3) is 8.18. The molecule has 10 nitrogen and oxygen atoms in total. The summed E-state index contributed by atoms with van der Waals surface area (Å²) >= 11 is 0. The first kappa shape index (κ1) is 29.8.